The standard InChI is InChI=1S/C26H29F3N4O3/c1-15(34)33-12-11-26(36-5,25(33,2)3)19-13-18-20(30-14-31-23(18)32(4)24(19)35)10-9-16-7-6-8-17(21(16)27)22(28)29/h6-8,13-14,22H,9-12H2,1-5H3. The Balaban J connectivity index is 1.83. The number of aromatic nitrogens is 3. The number of fused-ring (bicyclic) bond motifs is 1. The molecule has 10 heteroatoms. The molecule has 0 aliphatic carbocycles. The third kappa shape index (κ3) is 3.87. The molecule has 3 heterocycles. The SMILES string of the molecule is COC1(c2cc3c(CCc4cccc(C(F)F)c4F)ncnc3n(C)c2=O)CCN(C(C)=O)C1(C)C. The van der Waals surface area contributed by atoms with E-state index in [0.29, 0.717) is 35.3 Å². The molecule has 1 aromatic carbocycles. The van der Waals surface area contributed by atoms with Crippen molar-refractivity contribution >= 4 is 16.9 Å². The van der Waals surface area contributed by atoms with Gasteiger partial charge < -0.3 is 9.64 Å². The van der Waals surface area contributed by atoms with Gasteiger partial charge >= 0.3 is 0 Å². The maximum absolute atomic E-state index is 14.6. The Morgan fingerprint density at radius 2 is 1.94 bits per heavy atom. The van der Waals surface area contributed by atoms with Gasteiger partial charge in [0.1, 0.15) is 23.4 Å². The minimum atomic E-state index is -2.91. The molecule has 1 saturated heterocycles. The lowest BCUT2D eigenvalue weighted by Gasteiger charge is -2.43. The highest BCUT2D eigenvalue weighted by Gasteiger charge is 2.57. The van der Waals surface area contributed by atoms with Crippen LogP contribution in [-0.4, -0.2) is 44.5 Å². The topological polar surface area (TPSA) is 77.3 Å². The summed E-state index contributed by atoms with van der Waals surface area (Å²) in [7, 11) is 3.13. The van der Waals surface area contributed by atoms with Crippen molar-refractivity contribution in [1.29, 1.82) is 0 Å². The van der Waals surface area contributed by atoms with E-state index in [4.69, 9.17) is 4.74 Å². The first kappa shape index (κ1) is 25.8. The number of hydrogen-bond acceptors (Lipinski definition) is 5. The lowest BCUT2D eigenvalue weighted by molar-refractivity contribution is -0.140. The van der Waals surface area contributed by atoms with Gasteiger partial charge in [-0.1, -0.05) is 18.2 Å². The van der Waals surface area contributed by atoms with Gasteiger partial charge in [-0.05, 0) is 38.3 Å². The Morgan fingerprint density at radius 3 is 2.56 bits per heavy atom. The molecule has 0 saturated carbocycles. The Kier molecular flexibility index (Phi) is 6.68. The first-order chi connectivity index (χ1) is 17.0. The number of nitrogens with zero attached hydrogens (tertiary/aromatic N) is 4. The van der Waals surface area contributed by atoms with Crippen LogP contribution in [0.4, 0.5) is 13.2 Å². The van der Waals surface area contributed by atoms with Crippen molar-refractivity contribution in [3.8, 4) is 0 Å². The lowest BCUT2D eigenvalue weighted by Crippen LogP contribution is -2.56. The van der Waals surface area contributed by atoms with E-state index >= 15 is 0 Å². The maximum atomic E-state index is 14.6. The normalized spacial score (nSPS) is 19.4. The summed E-state index contributed by atoms with van der Waals surface area (Å²) in [4.78, 5) is 36.2. The Bertz CT molecular complexity index is 1390. The first-order valence-electron chi connectivity index (χ1n) is 11.7. The summed E-state index contributed by atoms with van der Waals surface area (Å²) in [5.41, 5.74) is -1.37. The number of methoxy groups -OCH3 is 1. The molecule has 36 heavy (non-hydrogen) atoms. The fraction of sp³-hybridized carbons (Fsp3) is 0.462. The van der Waals surface area contributed by atoms with Crippen LogP contribution in [0.25, 0.3) is 11.0 Å². The number of ether oxygens (including phenoxy) is 1. The van der Waals surface area contributed by atoms with E-state index < -0.39 is 28.9 Å². The second-order valence-electron chi connectivity index (χ2n) is 9.61. The van der Waals surface area contributed by atoms with Crippen LogP contribution in [0.3, 0.4) is 0 Å². The summed E-state index contributed by atoms with van der Waals surface area (Å²) in [5, 5.41) is 0.577. The van der Waals surface area contributed by atoms with Crippen LogP contribution >= 0.6 is 0 Å². The highest BCUT2D eigenvalue weighted by atomic mass is 19.3. The molecule has 0 N–H and O–H groups in total. The number of likely N-dealkylation sites (tertiary alicyclic amines) is 1. The molecule has 1 fully saturated rings. The number of carbonyl (C=O) groups excluding carboxylic acids is 1. The summed E-state index contributed by atoms with van der Waals surface area (Å²) in [5.74, 6) is -1.04. The van der Waals surface area contributed by atoms with Crippen molar-refractivity contribution in [2.45, 2.75) is 57.6 Å². The van der Waals surface area contributed by atoms with Crippen LogP contribution in [0.15, 0.2) is 35.4 Å². The van der Waals surface area contributed by atoms with Crippen LogP contribution in [0, 0.1) is 5.82 Å². The van der Waals surface area contributed by atoms with Crippen LogP contribution in [0.1, 0.15) is 56.0 Å². The summed E-state index contributed by atoms with van der Waals surface area (Å²) in [6.45, 7) is 5.65. The van der Waals surface area contributed by atoms with Crippen molar-refractivity contribution in [2.75, 3.05) is 13.7 Å². The molecule has 2 aromatic heterocycles. The average Bonchev–Trinajstić information content (AvgIpc) is 3.11. The number of benzene rings is 1. The molecule has 1 aliphatic rings. The van der Waals surface area contributed by atoms with Gasteiger partial charge in [0, 0.05) is 39.4 Å². The molecular formula is C26H29F3N4O3. The fourth-order valence-electron chi connectivity index (χ4n) is 5.57. The number of rotatable bonds is 6. The lowest BCUT2D eigenvalue weighted by atomic mass is 9.77. The van der Waals surface area contributed by atoms with Crippen LogP contribution in [-0.2, 0) is 35.0 Å². The van der Waals surface area contributed by atoms with E-state index in [1.165, 1.54) is 37.1 Å². The van der Waals surface area contributed by atoms with E-state index in [1.807, 2.05) is 13.8 Å². The van der Waals surface area contributed by atoms with Crippen LogP contribution < -0.4 is 5.56 Å². The second-order valence-corrected chi connectivity index (χ2v) is 9.61. The zero-order chi connectivity index (χ0) is 26.4. The van der Waals surface area contributed by atoms with E-state index in [9.17, 15) is 22.8 Å². The van der Waals surface area contributed by atoms with E-state index in [0.717, 1.165) is 6.07 Å². The Morgan fingerprint density at radius 1 is 1.22 bits per heavy atom. The molecule has 7 nitrogen and oxygen atoms in total. The molecule has 4 rings (SSSR count). The molecule has 1 unspecified atom stereocenters. The van der Waals surface area contributed by atoms with Crippen molar-refractivity contribution in [3.05, 3.63) is 69.1 Å². The molecule has 1 atom stereocenters. The molecule has 0 radical (unpaired) electrons. The third-order valence-corrected chi connectivity index (χ3v) is 7.58. The average molecular weight is 503 g/mol. The van der Waals surface area contributed by atoms with Crippen LogP contribution in [0.5, 0.6) is 0 Å². The predicted molar refractivity (Wildman–Crippen MR) is 128 cm³/mol. The second kappa shape index (κ2) is 9.31. The van der Waals surface area contributed by atoms with E-state index in [1.54, 1.807) is 18.0 Å². The minimum Gasteiger partial charge on any atom is -0.371 e. The summed E-state index contributed by atoms with van der Waals surface area (Å²) in [6.07, 6.45) is -0.785. The number of hydrogen-bond donors (Lipinski definition) is 0. The molecule has 0 spiro atoms. The van der Waals surface area contributed by atoms with Gasteiger partial charge in [-0.3, -0.25) is 14.2 Å². The van der Waals surface area contributed by atoms with Gasteiger partial charge in [0.25, 0.3) is 12.0 Å². The fourth-order valence-corrected chi connectivity index (χ4v) is 5.57. The monoisotopic (exact) mass is 502 g/mol. The van der Waals surface area contributed by atoms with Gasteiger partial charge in [0.15, 0.2) is 0 Å². The minimum absolute atomic E-state index is 0.117. The van der Waals surface area contributed by atoms with E-state index in [-0.39, 0.29) is 29.9 Å². The Hall–Kier alpha value is -3.27. The molecule has 1 amide bonds. The summed E-state index contributed by atoms with van der Waals surface area (Å²) >= 11 is 0. The highest BCUT2D eigenvalue weighted by Crippen LogP contribution is 2.47. The number of alkyl halides is 2. The van der Waals surface area contributed by atoms with Gasteiger partial charge in [-0.25, -0.2) is 23.1 Å². The number of pyridine rings is 1. The van der Waals surface area contributed by atoms with Gasteiger partial charge in [0.2, 0.25) is 5.91 Å². The first-order valence-corrected chi connectivity index (χ1v) is 11.7. The zero-order valence-electron chi connectivity index (χ0n) is 20.9. The van der Waals surface area contributed by atoms with Crippen molar-refractivity contribution < 1.29 is 22.7 Å². The van der Waals surface area contributed by atoms with Gasteiger partial charge in [-0.2, -0.15) is 0 Å². The van der Waals surface area contributed by atoms with Gasteiger partial charge in [0.05, 0.1) is 22.4 Å². The molecular weight excluding hydrogens is 473 g/mol. The quantitative estimate of drug-likeness (QED) is 0.508. The largest absolute Gasteiger partial charge is 0.371 e. The van der Waals surface area contributed by atoms with E-state index in [2.05, 4.69) is 9.97 Å². The number of carbonyl (C=O) groups is 1. The number of amides is 1. The summed E-state index contributed by atoms with van der Waals surface area (Å²) < 4.78 is 48.3. The molecule has 3 aromatic rings. The smallest absolute Gasteiger partial charge is 0.266 e. The predicted octanol–water partition coefficient (Wildman–Crippen LogP) is 4.06. The molecule has 0 bridgehead atoms. The van der Waals surface area contributed by atoms with Crippen molar-refractivity contribution in [3.63, 3.8) is 0 Å². The third-order valence-electron chi connectivity index (χ3n) is 7.58. The number of halogens is 3. The van der Waals surface area contributed by atoms with Gasteiger partial charge in [-0.15, -0.1) is 0 Å². The molecule has 1 aliphatic heterocycles. The summed E-state index contributed by atoms with van der Waals surface area (Å²) in [6, 6.07) is 5.66. The number of aryl methyl sites for hydroxylation is 3. The van der Waals surface area contributed by atoms with Crippen molar-refractivity contribution in [2.24, 2.45) is 7.05 Å². The molecule has 192 valence electrons. The zero-order valence-corrected chi connectivity index (χ0v) is 20.9. The highest BCUT2D eigenvalue weighted by molar-refractivity contribution is 5.79. The van der Waals surface area contributed by atoms with Crippen molar-refractivity contribution in [1.82, 2.24) is 19.4 Å². The van der Waals surface area contributed by atoms with Crippen LogP contribution in [0.2, 0.25) is 0 Å². The maximum Gasteiger partial charge on any atom is 0.266 e. The Labute approximate surface area is 206 Å².